The Balaban J connectivity index is 1.68. The van der Waals surface area contributed by atoms with Gasteiger partial charge in [-0.05, 0) is 49.2 Å². The number of para-hydroxylation sites is 1. The van der Waals surface area contributed by atoms with Crippen molar-refractivity contribution in [3.63, 3.8) is 0 Å². The van der Waals surface area contributed by atoms with E-state index in [2.05, 4.69) is 10.3 Å². The molecule has 2 amide bonds. The van der Waals surface area contributed by atoms with E-state index in [1.165, 1.54) is 40.9 Å². The van der Waals surface area contributed by atoms with E-state index < -0.39 is 11.2 Å². The molecule has 0 saturated carbocycles. The summed E-state index contributed by atoms with van der Waals surface area (Å²) in [4.78, 5) is 42.0. The van der Waals surface area contributed by atoms with Gasteiger partial charge in [-0.1, -0.05) is 30.0 Å². The van der Waals surface area contributed by atoms with E-state index in [1.54, 1.807) is 7.05 Å². The molecule has 1 aliphatic rings. The fraction of sp³-hybridized carbons (Fsp3) is 0.238. The van der Waals surface area contributed by atoms with E-state index in [0.29, 0.717) is 10.9 Å². The quantitative estimate of drug-likeness (QED) is 0.783. The Hall–Kier alpha value is -3.13. The summed E-state index contributed by atoms with van der Waals surface area (Å²) in [6.07, 6.45) is 0.000294. The fourth-order valence-electron chi connectivity index (χ4n) is 2.95. The second-order valence-electron chi connectivity index (χ2n) is 6.77. The summed E-state index contributed by atoms with van der Waals surface area (Å²) in [6.45, 7) is 3.93. The highest BCUT2D eigenvalue weighted by Crippen LogP contribution is 2.32. The third-order valence-corrected chi connectivity index (χ3v) is 5.80. The number of hydrogen-bond acceptors (Lipinski definition) is 5. The van der Waals surface area contributed by atoms with Crippen molar-refractivity contribution >= 4 is 46.1 Å². The van der Waals surface area contributed by atoms with Crippen LogP contribution in [0.3, 0.4) is 0 Å². The lowest BCUT2D eigenvalue weighted by molar-refractivity contribution is -0.127. The van der Waals surface area contributed by atoms with Gasteiger partial charge in [-0.25, -0.2) is 9.79 Å². The van der Waals surface area contributed by atoms with Gasteiger partial charge in [-0.15, -0.1) is 0 Å². The van der Waals surface area contributed by atoms with Crippen LogP contribution >= 0.6 is 11.8 Å². The van der Waals surface area contributed by atoms with Gasteiger partial charge in [-0.2, -0.15) is 0 Å². The average Bonchev–Trinajstić information content (AvgIpc) is 2.93. The van der Waals surface area contributed by atoms with Gasteiger partial charge < -0.3 is 10.4 Å². The van der Waals surface area contributed by atoms with Gasteiger partial charge in [0.15, 0.2) is 5.17 Å². The fourth-order valence-corrected chi connectivity index (χ4v) is 4.09. The van der Waals surface area contributed by atoms with Crippen molar-refractivity contribution in [3.8, 4) is 0 Å². The largest absolute Gasteiger partial charge is 0.478 e. The van der Waals surface area contributed by atoms with Crippen molar-refractivity contribution in [2.24, 2.45) is 4.99 Å². The van der Waals surface area contributed by atoms with Crippen LogP contribution in [0.2, 0.25) is 0 Å². The normalized spacial score (nSPS) is 17.6. The first-order chi connectivity index (χ1) is 13.8. The summed E-state index contributed by atoms with van der Waals surface area (Å²) in [7, 11) is 1.66. The minimum atomic E-state index is -1.03. The zero-order chi connectivity index (χ0) is 21.1. The van der Waals surface area contributed by atoms with Crippen LogP contribution in [0, 0.1) is 13.8 Å². The van der Waals surface area contributed by atoms with Gasteiger partial charge in [0.05, 0.1) is 11.3 Å². The maximum absolute atomic E-state index is 12.6. The number of hydrogen-bond donors (Lipinski definition) is 2. The highest BCUT2D eigenvalue weighted by atomic mass is 32.2. The van der Waals surface area contributed by atoms with E-state index in [1.807, 2.05) is 32.0 Å². The molecule has 1 aliphatic heterocycles. The Morgan fingerprint density at radius 1 is 1.14 bits per heavy atom. The smallest absolute Gasteiger partial charge is 0.335 e. The van der Waals surface area contributed by atoms with Gasteiger partial charge >= 0.3 is 5.97 Å². The molecular weight excluding hydrogens is 390 g/mol. The number of nitrogens with one attached hydrogen (secondary N) is 1. The number of anilines is 1. The predicted octanol–water partition coefficient (Wildman–Crippen LogP) is 3.59. The number of carboxylic acid groups (broad SMARTS) is 1. The highest BCUT2D eigenvalue weighted by Gasteiger charge is 2.37. The number of carbonyl (C=O) groups excluding carboxylic acids is 2. The zero-order valence-electron chi connectivity index (χ0n) is 16.3. The molecule has 29 heavy (non-hydrogen) atoms. The van der Waals surface area contributed by atoms with Crippen LogP contribution in [-0.2, 0) is 9.59 Å². The lowest BCUT2D eigenvalue weighted by Crippen LogP contribution is -2.30. The molecule has 0 bridgehead atoms. The van der Waals surface area contributed by atoms with Gasteiger partial charge in [0, 0.05) is 19.2 Å². The van der Waals surface area contributed by atoms with Crippen molar-refractivity contribution in [3.05, 3.63) is 59.2 Å². The van der Waals surface area contributed by atoms with Crippen LogP contribution in [0.25, 0.3) is 0 Å². The topological polar surface area (TPSA) is 99.1 Å². The monoisotopic (exact) mass is 411 g/mol. The number of aliphatic imine (C=N–C) groups is 1. The standard InChI is InChI=1S/C21H21N3O4S/c1-12-5-4-6-13(2)18(12)23-21-24(3)19(26)16(29-21)11-17(25)22-15-9-7-14(8-10-15)20(27)28/h4-10,16H,11H2,1-3H3,(H,22,25)(H,27,28). The van der Waals surface area contributed by atoms with Crippen LogP contribution in [0.1, 0.15) is 27.9 Å². The van der Waals surface area contributed by atoms with E-state index in [0.717, 1.165) is 16.8 Å². The van der Waals surface area contributed by atoms with Gasteiger partial charge in [0.2, 0.25) is 11.8 Å². The second kappa shape index (κ2) is 8.48. The Morgan fingerprint density at radius 2 is 1.76 bits per heavy atom. The first-order valence-corrected chi connectivity index (χ1v) is 9.86. The number of thioether (sulfide) groups is 1. The minimum Gasteiger partial charge on any atom is -0.478 e. The van der Waals surface area contributed by atoms with E-state index in [9.17, 15) is 14.4 Å². The number of rotatable bonds is 5. The maximum atomic E-state index is 12.6. The highest BCUT2D eigenvalue weighted by molar-refractivity contribution is 8.15. The molecule has 1 unspecified atom stereocenters. The molecule has 1 atom stereocenters. The number of amides is 2. The number of aromatic carboxylic acids is 1. The second-order valence-corrected chi connectivity index (χ2v) is 7.94. The maximum Gasteiger partial charge on any atom is 0.335 e. The first kappa shape index (κ1) is 20.6. The van der Waals surface area contributed by atoms with Crippen molar-refractivity contribution in [2.75, 3.05) is 12.4 Å². The molecule has 0 spiro atoms. The van der Waals surface area contributed by atoms with E-state index in [4.69, 9.17) is 5.11 Å². The number of nitrogens with zero attached hydrogens (tertiary/aromatic N) is 2. The Labute approximate surface area is 172 Å². The van der Waals surface area contributed by atoms with Crippen LogP contribution < -0.4 is 5.32 Å². The first-order valence-electron chi connectivity index (χ1n) is 8.98. The molecule has 0 radical (unpaired) electrons. The molecular formula is C21H21N3O4S. The van der Waals surface area contributed by atoms with Gasteiger partial charge in [0.25, 0.3) is 0 Å². The average molecular weight is 411 g/mol. The number of amidine groups is 1. The molecule has 1 heterocycles. The number of carbonyl (C=O) groups is 3. The summed E-state index contributed by atoms with van der Waals surface area (Å²) in [5.41, 5.74) is 3.49. The molecule has 0 aromatic heterocycles. The van der Waals surface area contributed by atoms with E-state index in [-0.39, 0.29) is 23.8 Å². The molecule has 1 fully saturated rings. The minimum absolute atomic E-state index is 0.000294. The van der Waals surface area contributed by atoms with Gasteiger partial charge in [0.1, 0.15) is 5.25 Å². The molecule has 2 N–H and O–H groups in total. The molecule has 2 aromatic rings. The molecule has 3 rings (SSSR count). The summed E-state index contributed by atoms with van der Waals surface area (Å²) >= 11 is 1.27. The summed E-state index contributed by atoms with van der Waals surface area (Å²) in [5, 5.41) is 11.6. The van der Waals surface area contributed by atoms with Crippen LogP contribution in [-0.4, -0.2) is 45.3 Å². The van der Waals surface area contributed by atoms with Crippen molar-refractivity contribution in [1.29, 1.82) is 0 Å². The summed E-state index contributed by atoms with van der Waals surface area (Å²) in [6, 6.07) is 11.8. The molecule has 0 aliphatic carbocycles. The zero-order valence-corrected chi connectivity index (χ0v) is 17.1. The van der Waals surface area contributed by atoms with Gasteiger partial charge in [-0.3, -0.25) is 14.5 Å². The van der Waals surface area contributed by atoms with Crippen molar-refractivity contribution in [2.45, 2.75) is 25.5 Å². The molecule has 150 valence electrons. The molecule has 8 heteroatoms. The molecule has 1 saturated heterocycles. The third kappa shape index (κ3) is 4.65. The number of benzene rings is 2. The van der Waals surface area contributed by atoms with Crippen LogP contribution in [0.15, 0.2) is 47.5 Å². The molecule has 7 nitrogen and oxygen atoms in total. The van der Waals surface area contributed by atoms with Crippen molar-refractivity contribution in [1.82, 2.24) is 4.90 Å². The molecule has 2 aromatic carbocycles. The predicted molar refractivity (Wildman–Crippen MR) is 114 cm³/mol. The number of aryl methyl sites for hydroxylation is 2. The summed E-state index contributed by atoms with van der Waals surface area (Å²) in [5.74, 6) is -1.52. The van der Waals surface area contributed by atoms with Crippen LogP contribution in [0.4, 0.5) is 11.4 Å². The van der Waals surface area contributed by atoms with E-state index >= 15 is 0 Å². The number of carboxylic acids is 1. The lowest BCUT2D eigenvalue weighted by Gasteiger charge is -2.10. The van der Waals surface area contributed by atoms with Crippen LogP contribution in [0.5, 0.6) is 0 Å². The SMILES string of the molecule is Cc1cccc(C)c1N=C1SC(CC(=O)Nc2ccc(C(=O)O)cc2)C(=O)N1C. The Kier molecular flexibility index (Phi) is 6.03. The Bertz CT molecular complexity index is 981. The summed E-state index contributed by atoms with van der Waals surface area (Å²) < 4.78 is 0. The third-order valence-electron chi connectivity index (χ3n) is 4.57. The lowest BCUT2D eigenvalue weighted by atomic mass is 10.1. The Morgan fingerprint density at radius 3 is 2.34 bits per heavy atom. The van der Waals surface area contributed by atoms with Crippen molar-refractivity contribution < 1.29 is 19.5 Å².